The van der Waals surface area contributed by atoms with Crippen molar-refractivity contribution in [3.8, 4) is 0 Å². The quantitative estimate of drug-likeness (QED) is 0.819. The Labute approximate surface area is 82.0 Å². The molecule has 1 aromatic rings. The van der Waals surface area contributed by atoms with Gasteiger partial charge in [0.15, 0.2) is 0 Å². The van der Waals surface area contributed by atoms with E-state index in [4.69, 9.17) is 11.6 Å². The minimum Gasteiger partial charge on any atom is -0.260 e. The highest BCUT2D eigenvalue weighted by atomic mass is 35.5. The molecular formula is C7H9ClN2O2S. The molecule has 4 nitrogen and oxygen atoms in total. The number of rotatable bonds is 3. The molecule has 0 radical (unpaired) electrons. The second-order valence-electron chi connectivity index (χ2n) is 2.56. The predicted octanol–water partition coefficient (Wildman–Crippen LogP) is 0.784. The van der Waals surface area contributed by atoms with Crippen LogP contribution in [0.3, 0.4) is 0 Å². The van der Waals surface area contributed by atoms with E-state index >= 15 is 0 Å². The van der Waals surface area contributed by atoms with E-state index in [9.17, 15) is 8.42 Å². The lowest BCUT2D eigenvalue weighted by atomic mass is 10.3. The molecule has 0 aliphatic heterocycles. The number of sulfonamides is 1. The van der Waals surface area contributed by atoms with E-state index < -0.39 is 10.0 Å². The Morgan fingerprint density at radius 1 is 1.62 bits per heavy atom. The summed E-state index contributed by atoms with van der Waals surface area (Å²) in [5.41, 5.74) is 0.595. The zero-order valence-corrected chi connectivity index (χ0v) is 8.56. The molecule has 0 atom stereocenters. The van der Waals surface area contributed by atoms with E-state index in [2.05, 4.69) is 9.71 Å². The van der Waals surface area contributed by atoms with Crippen LogP contribution in [0.15, 0.2) is 18.3 Å². The molecular weight excluding hydrogens is 212 g/mol. The summed E-state index contributed by atoms with van der Waals surface area (Å²) < 4.78 is 23.8. The van der Waals surface area contributed by atoms with Crippen molar-refractivity contribution < 1.29 is 8.42 Å². The van der Waals surface area contributed by atoms with Crippen LogP contribution in [0.25, 0.3) is 0 Å². The van der Waals surface area contributed by atoms with Gasteiger partial charge in [0.1, 0.15) is 0 Å². The predicted molar refractivity (Wildman–Crippen MR) is 50.9 cm³/mol. The lowest BCUT2D eigenvalue weighted by Crippen LogP contribution is -2.21. The molecule has 0 spiro atoms. The minimum atomic E-state index is -3.17. The Morgan fingerprint density at radius 3 is 2.85 bits per heavy atom. The zero-order chi connectivity index (χ0) is 9.90. The molecule has 0 amide bonds. The molecule has 0 aliphatic rings. The van der Waals surface area contributed by atoms with E-state index in [1.807, 2.05) is 0 Å². The second-order valence-corrected chi connectivity index (χ2v) is 4.83. The monoisotopic (exact) mass is 220 g/mol. The van der Waals surface area contributed by atoms with Crippen LogP contribution in [0, 0.1) is 0 Å². The fourth-order valence-corrected chi connectivity index (χ4v) is 1.34. The van der Waals surface area contributed by atoms with E-state index in [-0.39, 0.29) is 6.54 Å². The normalized spacial score (nSPS) is 11.5. The Morgan fingerprint density at radius 2 is 2.31 bits per heavy atom. The largest absolute Gasteiger partial charge is 0.260 e. The van der Waals surface area contributed by atoms with Crippen LogP contribution in [0.4, 0.5) is 0 Å². The van der Waals surface area contributed by atoms with E-state index in [0.717, 1.165) is 6.26 Å². The summed E-state index contributed by atoms with van der Waals surface area (Å²) in [5.74, 6) is 0. The van der Waals surface area contributed by atoms with Crippen LogP contribution in [-0.4, -0.2) is 19.7 Å². The summed E-state index contributed by atoms with van der Waals surface area (Å²) in [6.07, 6.45) is 2.62. The number of nitrogens with one attached hydrogen (secondary N) is 1. The van der Waals surface area contributed by atoms with E-state index in [0.29, 0.717) is 10.7 Å². The van der Waals surface area contributed by atoms with Crippen molar-refractivity contribution in [2.75, 3.05) is 6.26 Å². The highest BCUT2D eigenvalue weighted by Gasteiger charge is 2.01. The Bertz CT molecular complexity index is 391. The van der Waals surface area contributed by atoms with Crippen molar-refractivity contribution >= 4 is 21.6 Å². The first-order chi connectivity index (χ1) is 5.97. The fourth-order valence-electron chi connectivity index (χ4n) is 0.750. The summed E-state index contributed by atoms with van der Waals surface area (Å²) in [6, 6.07) is 3.24. The molecule has 13 heavy (non-hydrogen) atoms. The summed E-state index contributed by atoms with van der Waals surface area (Å²) in [6.45, 7) is 0.166. The van der Waals surface area contributed by atoms with Crippen molar-refractivity contribution in [3.63, 3.8) is 0 Å². The molecule has 0 saturated carbocycles. The van der Waals surface area contributed by atoms with E-state index in [1.165, 1.54) is 6.20 Å². The Kier molecular flexibility index (Phi) is 3.24. The summed E-state index contributed by atoms with van der Waals surface area (Å²) in [7, 11) is -3.17. The third kappa shape index (κ3) is 4.21. The third-order valence-corrected chi connectivity index (χ3v) is 2.20. The molecule has 1 N–H and O–H groups in total. The van der Waals surface area contributed by atoms with Gasteiger partial charge in [-0.2, -0.15) is 0 Å². The smallest absolute Gasteiger partial charge is 0.209 e. The van der Waals surface area contributed by atoms with Crippen molar-refractivity contribution in [2.45, 2.75) is 6.54 Å². The summed E-state index contributed by atoms with van der Waals surface area (Å²) >= 11 is 5.68. The molecule has 6 heteroatoms. The van der Waals surface area contributed by atoms with Crippen LogP contribution in [0.1, 0.15) is 5.69 Å². The molecule has 0 aliphatic carbocycles. The van der Waals surface area contributed by atoms with Crippen LogP contribution in [0.2, 0.25) is 5.02 Å². The highest BCUT2D eigenvalue weighted by molar-refractivity contribution is 7.88. The van der Waals surface area contributed by atoms with Gasteiger partial charge in [-0.25, -0.2) is 13.1 Å². The van der Waals surface area contributed by atoms with Crippen LogP contribution in [-0.2, 0) is 16.6 Å². The molecule has 0 bridgehead atoms. The van der Waals surface area contributed by atoms with Crippen molar-refractivity contribution in [1.29, 1.82) is 0 Å². The van der Waals surface area contributed by atoms with Gasteiger partial charge < -0.3 is 0 Å². The second kappa shape index (κ2) is 4.04. The van der Waals surface area contributed by atoms with Gasteiger partial charge in [0.25, 0.3) is 0 Å². The number of hydrogen-bond acceptors (Lipinski definition) is 3. The maximum absolute atomic E-state index is 10.7. The average molecular weight is 221 g/mol. The van der Waals surface area contributed by atoms with Gasteiger partial charge in [-0.1, -0.05) is 11.6 Å². The van der Waals surface area contributed by atoms with Crippen molar-refractivity contribution in [1.82, 2.24) is 9.71 Å². The lowest BCUT2D eigenvalue weighted by molar-refractivity contribution is 0.586. The van der Waals surface area contributed by atoms with Gasteiger partial charge in [-0.3, -0.25) is 4.98 Å². The van der Waals surface area contributed by atoms with Crippen molar-refractivity contribution in [3.05, 3.63) is 29.0 Å². The minimum absolute atomic E-state index is 0.166. The lowest BCUT2D eigenvalue weighted by Gasteiger charge is -2.01. The number of nitrogens with zero attached hydrogens (tertiary/aromatic N) is 1. The maximum atomic E-state index is 10.7. The number of halogens is 1. The summed E-state index contributed by atoms with van der Waals surface area (Å²) in [4.78, 5) is 3.93. The van der Waals surface area contributed by atoms with Gasteiger partial charge in [0.2, 0.25) is 10.0 Å². The Hall–Kier alpha value is -0.650. The van der Waals surface area contributed by atoms with Gasteiger partial charge in [-0.05, 0) is 12.1 Å². The van der Waals surface area contributed by atoms with Gasteiger partial charge >= 0.3 is 0 Å². The zero-order valence-electron chi connectivity index (χ0n) is 6.99. The average Bonchev–Trinajstić information content (AvgIpc) is 2.00. The highest BCUT2D eigenvalue weighted by Crippen LogP contribution is 2.07. The fraction of sp³-hybridized carbons (Fsp3) is 0.286. The van der Waals surface area contributed by atoms with Gasteiger partial charge in [0.05, 0.1) is 18.5 Å². The molecule has 1 aromatic heterocycles. The van der Waals surface area contributed by atoms with Crippen LogP contribution in [0.5, 0.6) is 0 Å². The number of aromatic nitrogens is 1. The molecule has 0 fully saturated rings. The van der Waals surface area contributed by atoms with Crippen LogP contribution < -0.4 is 4.72 Å². The van der Waals surface area contributed by atoms with Crippen LogP contribution >= 0.6 is 11.6 Å². The molecule has 72 valence electrons. The number of hydrogen-bond donors (Lipinski definition) is 1. The topological polar surface area (TPSA) is 59.1 Å². The van der Waals surface area contributed by atoms with E-state index in [1.54, 1.807) is 12.1 Å². The maximum Gasteiger partial charge on any atom is 0.209 e. The third-order valence-electron chi connectivity index (χ3n) is 1.29. The molecule has 1 heterocycles. The molecule has 0 aromatic carbocycles. The SMILES string of the molecule is CS(=O)(=O)NCc1cc(Cl)ccn1. The molecule has 0 saturated heterocycles. The first kappa shape index (κ1) is 10.4. The number of pyridine rings is 1. The van der Waals surface area contributed by atoms with Crippen molar-refractivity contribution in [2.24, 2.45) is 0 Å². The standard InChI is InChI=1S/C7H9ClN2O2S/c1-13(11,12)10-5-7-4-6(8)2-3-9-7/h2-4,10H,5H2,1H3. The first-order valence-corrected chi connectivity index (χ1v) is 5.79. The molecule has 0 unspecified atom stereocenters. The van der Waals surface area contributed by atoms with Gasteiger partial charge in [-0.15, -0.1) is 0 Å². The van der Waals surface area contributed by atoms with Gasteiger partial charge in [0, 0.05) is 11.2 Å². The summed E-state index contributed by atoms with van der Waals surface area (Å²) in [5, 5.41) is 0.542. The first-order valence-electron chi connectivity index (χ1n) is 3.52. The Balaban J connectivity index is 2.65. The molecule has 1 rings (SSSR count).